The average Bonchev–Trinajstić information content (AvgIpc) is 2.30. The van der Waals surface area contributed by atoms with E-state index in [1.807, 2.05) is 0 Å². The first-order valence-electron chi connectivity index (χ1n) is 5.27. The first-order chi connectivity index (χ1) is 6.30. The van der Waals surface area contributed by atoms with E-state index in [4.69, 9.17) is 0 Å². The van der Waals surface area contributed by atoms with Crippen LogP contribution in [0.15, 0.2) is 16.7 Å². The standard InChI is InChI=1S/C13H22N.2ClH.Ti/c1-9-8-13(5,11(3)10(9)2)12(4)14(6)7;;;/h12H,1-7H3;2*1H;/q-1;;;. The first kappa shape index (κ1) is 22.9. The number of hydrogen-bond acceptors (Lipinski definition) is 1. The summed E-state index contributed by atoms with van der Waals surface area (Å²) in [5.41, 5.74) is 4.30. The summed E-state index contributed by atoms with van der Waals surface area (Å²) in [5.74, 6) is 0. The molecular formula is C13H24Cl2NTi-. The molecule has 0 spiro atoms. The van der Waals surface area contributed by atoms with Crippen LogP contribution in [0.5, 0.6) is 0 Å². The van der Waals surface area contributed by atoms with Gasteiger partial charge in [-0.25, -0.2) is 5.57 Å². The zero-order valence-electron chi connectivity index (χ0n) is 11.8. The SMILES string of the molecule is CC1=[C-]C(C)(C(C)N(C)C)C(C)=C1C.Cl.Cl.[Ti]. The normalized spacial score (nSPS) is 24.6. The largest absolute Gasteiger partial charge is 0.307 e. The summed E-state index contributed by atoms with van der Waals surface area (Å²) < 4.78 is 0. The van der Waals surface area contributed by atoms with Gasteiger partial charge in [0.1, 0.15) is 0 Å². The molecule has 2 atom stereocenters. The molecule has 0 fully saturated rings. The quantitative estimate of drug-likeness (QED) is 0.552. The summed E-state index contributed by atoms with van der Waals surface area (Å²) in [6.45, 7) is 11.1. The van der Waals surface area contributed by atoms with Gasteiger partial charge in [0, 0.05) is 27.8 Å². The van der Waals surface area contributed by atoms with Crippen LogP contribution in [0.2, 0.25) is 0 Å². The Hall–Kier alpha value is 0.734. The van der Waals surface area contributed by atoms with E-state index >= 15 is 0 Å². The molecule has 0 saturated heterocycles. The number of halogens is 2. The van der Waals surface area contributed by atoms with Gasteiger partial charge in [-0.2, -0.15) is 11.1 Å². The topological polar surface area (TPSA) is 3.24 Å². The summed E-state index contributed by atoms with van der Waals surface area (Å²) >= 11 is 0. The summed E-state index contributed by atoms with van der Waals surface area (Å²) in [6, 6.07) is 0.495. The van der Waals surface area contributed by atoms with Gasteiger partial charge < -0.3 is 4.90 Å². The molecule has 4 heteroatoms. The Labute approximate surface area is 134 Å². The van der Waals surface area contributed by atoms with Crippen LogP contribution in [0.1, 0.15) is 34.6 Å². The van der Waals surface area contributed by atoms with Crippen molar-refractivity contribution in [1.29, 1.82) is 0 Å². The Balaban J connectivity index is -0.000000653. The van der Waals surface area contributed by atoms with E-state index in [2.05, 4.69) is 59.7 Å². The zero-order chi connectivity index (χ0) is 11.1. The van der Waals surface area contributed by atoms with Crippen molar-refractivity contribution in [2.45, 2.75) is 40.7 Å². The number of hydrogen-bond donors (Lipinski definition) is 0. The average molecular weight is 313 g/mol. The van der Waals surface area contributed by atoms with Crippen molar-refractivity contribution >= 4 is 24.8 Å². The number of allylic oxidation sites excluding steroid dienone is 2. The van der Waals surface area contributed by atoms with Crippen LogP contribution >= 0.6 is 24.8 Å². The van der Waals surface area contributed by atoms with Crippen LogP contribution < -0.4 is 0 Å². The number of nitrogens with zero attached hydrogens (tertiary/aromatic N) is 1. The maximum atomic E-state index is 3.61. The van der Waals surface area contributed by atoms with Gasteiger partial charge in [-0.15, -0.1) is 31.7 Å². The predicted octanol–water partition coefficient (Wildman–Crippen LogP) is 3.88. The molecule has 0 aliphatic heterocycles. The van der Waals surface area contributed by atoms with Crippen molar-refractivity contribution < 1.29 is 21.7 Å². The van der Waals surface area contributed by atoms with Gasteiger partial charge >= 0.3 is 0 Å². The molecule has 0 saturated carbocycles. The van der Waals surface area contributed by atoms with E-state index in [0.717, 1.165) is 0 Å². The fourth-order valence-electron chi connectivity index (χ4n) is 2.18. The Morgan fingerprint density at radius 1 is 1.12 bits per heavy atom. The van der Waals surface area contributed by atoms with Gasteiger partial charge in [0.25, 0.3) is 0 Å². The minimum atomic E-state index is 0. The van der Waals surface area contributed by atoms with E-state index in [1.165, 1.54) is 16.7 Å². The molecule has 100 valence electrons. The number of rotatable bonds is 2. The maximum Gasteiger partial charge on any atom is 0.00109 e. The second kappa shape index (κ2) is 8.02. The van der Waals surface area contributed by atoms with Crippen LogP contribution in [0.4, 0.5) is 0 Å². The van der Waals surface area contributed by atoms with Gasteiger partial charge in [-0.1, -0.05) is 26.2 Å². The van der Waals surface area contributed by atoms with Crippen molar-refractivity contribution in [2.75, 3.05) is 14.1 Å². The predicted molar refractivity (Wildman–Crippen MR) is 76.6 cm³/mol. The molecule has 0 radical (unpaired) electrons. The summed E-state index contributed by atoms with van der Waals surface area (Å²) in [4.78, 5) is 2.27. The first-order valence-corrected chi connectivity index (χ1v) is 5.27. The molecule has 0 aromatic heterocycles. The molecule has 1 nitrogen and oxygen atoms in total. The van der Waals surface area contributed by atoms with Crippen LogP contribution in [0, 0.1) is 11.5 Å². The smallest absolute Gasteiger partial charge is 0.00109 e. The monoisotopic (exact) mass is 312 g/mol. The molecule has 1 aliphatic carbocycles. The Morgan fingerprint density at radius 2 is 1.53 bits per heavy atom. The summed E-state index contributed by atoms with van der Waals surface area (Å²) in [6.07, 6.45) is 3.61. The van der Waals surface area contributed by atoms with Crippen LogP contribution in [-0.4, -0.2) is 25.0 Å². The van der Waals surface area contributed by atoms with Gasteiger partial charge in [0.05, 0.1) is 0 Å². The molecule has 1 aliphatic rings. The Morgan fingerprint density at radius 3 is 1.76 bits per heavy atom. The van der Waals surface area contributed by atoms with Crippen molar-refractivity contribution in [3.63, 3.8) is 0 Å². The van der Waals surface area contributed by atoms with Crippen molar-refractivity contribution in [2.24, 2.45) is 5.41 Å². The second-order valence-electron chi connectivity index (χ2n) is 4.84. The molecule has 0 N–H and O–H groups in total. The third-order valence-corrected chi connectivity index (χ3v) is 3.96. The molecule has 0 amide bonds. The van der Waals surface area contributed by atoms with E-state index in [-0.39, 0.29) is 51.9 Å². The van der Waals surface area contributed by atoms with Gasteiger partial charge in [0.15, 0.2) is 0 Å². The molecule has 0 aromatic rings. The third kappa shape index (κ3) is 4.11. The van der Waals surface area contributed by atoms with E-state index in [1.54, 1.807) is 0 Å². The third-order valence-electron chi connectivity index (χ3n) is 3.96. The van der Waals surface area contributed by atoms with E-state index in [9.17, 15) is 0 Å². The summed E-state index contributed by atoms with van der Waals surface area (Å²) in [5, 5.41) is 0. The van der Waals surface area contributed by atoms with Crippen molar-refractivity contribution in [1.82, 2.24) is 4.90 Å². The van der Waals surface area contributed by atoms with Gasteiger partial charge in [-0.3, -0.25) is 6.08 Å². The molecule has 0 bridgehead atoms. The van der Waals surface area contributed by atoms with Crippen molar-refractivity contribution in [3.05, 3.63) is 22.8 Å². The van der Waals surface area contributed by atoms with Crippen LogP contribution in [-0.2, 0) is 21.7 Å². The molecule has 2 unspecified atom stereocenters. The van der Waals surface area contributed by atoms with E-state index in [0.29, 0.717) is 6.04 Å². The Kier molecular flexibility index (Phi) is 10.8. The molecular weight excluding hydrogens is 289 g/mol. The Bertz CT molecular complexity index is 311. The van der Waals surface area contributed by atoms with Crippen LogP contribution in [0.3, 0.4) is 0 Å². The van der Waals surface area contributed by atoms with Gasteiger partial charge in [-0.05, 0) is 21.0 Å². The summed E-state index contributed by atoms with van der Waals surface area (Å²) in [7, 11) is 4.27. The fourth-order valence-corrected chi connectivity index (χ4v) is 2.18. The maximum absolute atomic E-state index is 3.61. The molecule has 0 heterocycles. The molecule has 17 heavy (non-hydrogen) atoms. The van der Waals surface area contributed by atoms with Crippen molar-refractivity contribution in [3.8, 4) is 0 Å². The van der Waals surface area contributed by atoms with E-state index < -0.39 is 0 Å². The molecule has 0 aromatic carbocycles. The zero-order valence-corrected chi connectivity index (χ0v) is 15.0. The minimum absolute atomic E-state index is 0. The van der Waals surface area contributed by atoms with Gasteiger partial charge in [0.2, 0.25) is 0 Å². The minimum Gasteiger partial charge on any atom is -0.307 e. The fraction of sp³-hybridized carbons (Fsp3) is 0.692. The second-order valence-corrected chi connectivity index (χ2v) is 4.84. The van der Waals surface area contributed by atoms with Crippen LogP contribution in [0.25, 0.3) is 0 Å². The molecule has 1 rings (SSSR count).